The van der Waals surface area contributed by atoms with Crippen molar-refractivity contribution in [1.29, 1.82) is 0 Å². The number of amides is 2. The van der Waals surface area contributed by atoms with Crippen molar-refractivity contribution in [2.24, 2.45) is 16.7 Å². The van der Waals surface area contributed by atoms with Gasteiger partial charge in [0, 0.05) is 43.4 Å². The number of carbonyl (C=O) groups is 2. The second kappa shape index (κ2) is 9.05. The minimum Gasteiger partial charge on any atom is -0.493 e. The second-order valence-corrected chi connectivity index (χ2v) is 12.4. The van der Waals surface area contributed by atoms with Gasteiger partial charge in [0.15, 0.2) is 11.5 Å². The molecule has 1 aromatic heterocycles. The van der Waals surface area contributed by atoms with E-state index in [0.717, 1.165) is 48.7 Å². The monoisotopic (exact) mass is 511 g/mol. The van der Waals surface area contributed by atoms with E-state index in [4.69, 9.17) is 14.5 Å². The van der Waals surface area contributed by atoms with Crippen LogP contribution >= 0.6 is 11.3 Å². The first-order chi connectivity index (χ1) is 17.1. The number of benzene rings is 1. The fraction of sp³-hybridized carbons (Fsp3) is 0.607. The van der Waals surface area contributed by atoms with Crippen LogP contribution in [-0.2, 0) is 17.8 Å². The summed E-state index contributed by atoms with van der Waals surface area (Å²) in [5.41, 5.74) is 2.94. The second-order valence-electron chi connectivity index (χ2n) is 11.5. The molecular weight excluding hydrogens is 474 g/mol. The van der Waals surface area contributed by atoms with Crippen LogP contribution in [0.2, 0.25) is 0 Å². The van der Waals surface area contributed by atoms with Crippen LogP contribution in [0.25, 0.3) is 0 Å². The van der Waals surface area contributed by atoms with Gasteiger partial charge in [0.05, 0.1) is 19.2 Å². The summed E-state index contributed by atoms with van der Waals surface area (Å²) < 4.78 is 10.9. The molecule has 194 valence electrons. The molecule has 0 radical (unpaired) electrons. The van der Waals surface area contributed by atoms with Gasteiger partial charge in [0.1, 0.15) is 5.69 Å². The zero-order valence-electron chi connectivity index (χ0n) is 22.2. The predicted molar refractivity (Wildman–Crippen MR) is 140 cm³/mol. The Labute approximate surface area is 217 Å². The van der Waals surface area contributed by atoms with Crippen molar-refractivity contribution in [1.82, 2.24) is 14.8 Å². The van der Waals surface area contributed by atoms with Crippen LogP contribution in [0, 0.1) is 16.7 Å². The molecule has 36 heavy (non-hydrogen) atoms. The first-order valence-corrected chi connectivity index (χ1v) is 13.7. The van der Waals surface area contributed by atoms with Crippen LogP contribution < -0.4 is 9.47 Å². The molecule has 1 saturated carbocycles. The number of aromatic nitrogens is 1. The summed E-state index contributed by atoms with van der Waals surface area (Å²) >= 11 is 1.57. The molecule has 0 unspecified atom stereocenters. The maximum Gasteiger partial charge on any atom is 0.273 e. The van der Waals surface area contributed by atoms with Crippen LogP contribution in [-0.4, -0.2) is 60.5 Å². The first-order valence-electron chi connectivity index (χ1n) is 12.9. The van der Waals surface area contributed by atoms with Crippen LogP contribution in [0.1, 0.15) is 73.1 Å². The molecule has 2 amide bonds. The predicted octanol–water partition coefficient (Wildman–Crippen LogP) is 4.75. The molecule has 3 aliphatic rings. The maximum absolute atomic E-state index is 13.3. The van der Waals surface area contributed by atoms with Gasteiger partial charge in [-0.15, -0.1) is 11.3 Å². The number of rotatable bonds is 5. The molecule has 0 atom stereocenters. The average Bonchev–Trinajstić information content (AvgIpc) is 3.19. The number of likely N-dealkylation sites (tertiary alicyclic amines) is 1. The van der Waals surface area contributed by atoms with Crippen molar-refractivity contribution in [3.63, 3.8) is 0 Å². The van der Waals surface area contributed by atoms with Crippen molar-refractivity contribution in [3.05, 3.63) is 39.3 Å². The summed E-state index contributed by atoms with van der Waals surface area (Å²) in [5, 5.41) is 2.91. The number of carbonyl (C=O) groups excluding carboxylic acids is 2. The largest absolute Gasteiger partial charge is 0.493 e. The van der Waals surface area contributed by atoms with Crippen LogP contribution in [0.15, 0.2) is 17.5 Å². The van der Waals surface area contributed by atoms with Crippen LogP contribution in [0.5, 0.6) is 11.5 Å². The van der Waals surface area contributed by atoms with E-state index in [0.29, 0.717) is 36.4 Å². The lowest BCUT2D eigenvalue weighted by Gasteiger charge is -2.32. The minimum absolute atomic E-state index is 0.0243. The van der Waals surface area contributed by atoms with Crippen molar-refractivity contribution in [2.45, 2.75) is 59.4 Å². The van der Waals surface area contributed by atoms with E-state index in [9.17, 15) is 9.59 Å². The molecule has 2 fully saturated rings. The van der Waals surface area contributed by atoms with Crippen molar-refractivity contribution in [2.75, 3.05) is 33.9 Å². The lowest BCUT2D eigenvalue weighted by Crippen LogP contribution is -2.40. The van der Waals surface area contributed by atoms with Gasteiger partial charge in [-0.05, 0) is 53.4 Å². The highest BCUT2D eigenvalue weighted by Gasteiger charge is 2.68. The smallest absolute Gasteiger partial charge is 0.273 e. The Kier molecular flexibility index (Phi) is 6.30. The van der Waals surface area contributed by atoms with E-state index in [1.807, 2.05) is 27.3 Å². The number of ether oxygens (including phenoxy) is 2. The van der Waals surface area contributed by atoms with Gasteiger partial charge in [0.25, 0.3) is 5.91 Å². The molecule has 1 aromatic carbocycles. The third kappa shape index (κ3) is 4.07. The summed E-state index contributed by atoms with van der Waals surface area (Å²) in [6.45, 7) is 11.5. The molecular formula is C28H37N3O4S. The Bertz CT molecular complexity index is 1170. The standard InChI is InChI=1S/C28H37N3O4S/c1-27(2)23(28(27,3)4)26(33)30-10-7-17(8-11-30)24-29-20(16-36-24)25(32)31-12-9-18-13-21(34-5)22(35-6)14-19(18)15-31/h13-14,16-17,23H,7-12,15H2,1-6H3. The average molecular weight is 512 g/mol. The molecule has 0 bridgehead atoms. The summed E-state index contributed by atoms with van der Waals surface area (Å²) in [5.74, 6) is 2.10. The van der Waals surface area contributed by atoms with Crippen LogP contribution in [0.4, 0.5) is 0 Å². The fourth-order valence-corrected chi connectivity index (χ4v) is 7.10. The van der Waals surface area contributed by atoms with E-state index in [1.165, 1.54) is 5.56 Å². The molecule has 1 aliphatic carbocycles. The molecule has 7 nitrogen and oxygen atoms in total. The molecule has 2 aliphatic heterocycles. The Morgan fingerprint density at radius 2 is 1.56 bits per heavy atom. The van der Waals surface area contributed by atoms with E-state index < -0.39 is 0 Å². The number of thiazole rings is 1. The van der Waals surface area contributed by atoms with Gasteiger partial charge in [-0.1, -0.05) is 27.7 Å². The van der Waals surface area contributed by atoms with Crippen molar-refractivity contribution < 1.29 is 19.1 Å². The topological polar surface area (TPSA) is 72.0 Å². The zero-order valence-corrected chi connectivity index (χ0v) is 23.0. The van der Waals surface area contributed by atoms with Gasteiger partial charge in [-0.25, -0.2) is 4.98 Å². The van der Waals surface area contributed by atoms with E-state index in [2.05, 4.69) is 27.7 Å². The number of fused-ring (bicyclic) bond motifs is 1. The molecule has 1 saturated heterocycles. The first kappa shape index (κ1) is 25.1. The number of piperidine rings is 1. The summed E-state index contributed by atoms with van der Waals surface area (Å²) in [6, 6.07) is 3.98. The molecule has 3 heterocycles. The van der Waals surface area contributed by atoms with Gasteiger partial charge in [-0.2, -0.15) is 0 Å². The highest BCUT2D eigenvalue weighted by molar-refractivity contribution is 7.09. The SMILES string of the molecule is COc1cc2c(cc1OC)CN(C(=O)c1csc(C3CCN(C(=O)C4C(C)(C)C4(C)C)CC3)n1)CC2. The molecule has 5 rings (SSSR count). The molecule has 8 heteroatoms. The van der Waals surface area contributed by atoms with Gasteiger partial charge in [0.2, 0.25) is 5.91 Å². The fourth-order valence-electron chi connectivity index (χ4n) is 6.14. The lowest BCUT2D eigenvalue weighted by molar-refractivity contribution is -0.134. The quantitative estimate of drug-likeness (QED) is 0.580. The normalized spacial score (nSPS) is 21.2. The summed E-state index contributed by atoms with van der Waals surface area (Å²) in [4.78, 5) is 35.1. The van der Waals surface area contributed by atoms with Gasteiger partial charge < -0.3 is 19.3 Å². The number of hydrogen-bond donors (Lipinski definition) is 0. The summed E-state index contributed by atoms with van der Waals surface area (Å²) in [7, 11) is 3.26. The number of methoxy groups -OCH3 is 2. The minimum atomic E-state index is -0.0243. The molecule has 2 aromatic rings. The van der Waals surface area contributed by atoms with E-state index >= 15 is 0 Å². The summed E-state index contributed by atoms with van der Waals surface area (Å²) in [6.07, 6.45) is 2.58. The molecule has 0 spiro atoms. The van der Waals surface area contributed by atoms with E-state index in [-0.39, 0.29) is 22.7 Å². The van der Waals surface area contributed by atoms with Crippen LogP contribution in [0.3, 0.4) is 0 Å². The van der Waals surface area contributed by atoms with Crippen molar-refractivity contribution in [3.8, 4) is 11.5 Å². The lowest BCUT2D eigenvalue weighted by atomic mass is 9.96. The third-order valence-electron chi connectivity index (χ3n) is 9.17. The zero-order chi connectivity index (χ0) is 25.8. The maximum atomic E-state index is 13.3. The molecule has 0 N–H and O–H groups in total. The Hall–Kier alpha value is -2.61. The highest BCUT2D eigenvalue weighted by atomic mass is 32.1. The number of nitrogens with zero attached hydrogens (tertiary/aromatic N) is 3. The third-order valence-corrected chi connectivity index (χ3v) is 10.2. The highest BCUT2D eigenvalue weighted by Crippen LogP contribution is 2.68. The Morgan fingerprint density at radius 1 is 0.944 bits per heavy atom. The Balaban J connectivity index is 1.20. The van der Waals surface area contributed by atoms with Crippen molar-refractivity contribution >= 4 is 23.2 Å². The van der Waals surface area contributed by atoms with Gasteiger partial charge in [-0.3, -0.25) is 9.59 Å². The Morgan fingerprint density at radius 3 is 2.14 bits per heavy atom. The number of hydrogen-bond acceptors (Lipinski definition) is 6. The van der Waals surface area contributed by atoms with Gasteiger partial charge >= 0.3 is 0 Å². The van der Waals surface area contributed by atoms with E-state index in [1.54, 1.807) is 25.6 Å².